The van der Waals surface area contributed by atoms with Crippen LogP contribution in [0.2, 0.25) is 10.3 Å². The molecule has 2 heterocycles. The zero-order valence-electron chi connectivity index (χ0n) is 8.52. The van der Waals surface area contributed by atoms with Gasteiger partial charge in [-0.1, -0.05) is 23.2 Å². The van der Waals surface area contributed by atoms with E-state index < -0.39 is 0 Å². The van der Waals surface area contributed by atoms with Crippen molar-refractivity contribution >= 4 is 40.2 Å². The minimum atomic E-state index is 0.344. The van der Waals surface area contributed by atoms with Crippen LogP contribution >= 0.6 is 34.5 Å². The van der Waals surface area contributed by atoms with Crippen LogP contribution in [0, 0.1) is 0 Å². The molecule has 0 saturated heterocycles. The Bertz CT molecular complexity index is 473. The van der Waals surface area contributed by atoms with E-state index in [0.717, 1.165) is 12.2 Å². The number of anilines is 1. The van der Waals surface area contributed by atoms with Crippen molar-refractivity contribution in [1.29, 1.82) is 0 Å². The summed E-state index contributed by atoms with van der Waals surface area (Å²) >= 11 is 13.4. The number of halogens is 2. The number of hydrogen-bond donors (Lipinski definition) is 0. The van der Waals surface area contributed by atoms with E-state index in [1.165, 1.54) is 5.56 Å². The Kier molecular flexibility index (Phi) is 3.63. The normalized spacial score (nSPS) is 10.4. The number of rotatable bonds is 3. The van der Waals surface area contributed by atoms with Gasteiger partial charge in [-0.25, -0.2) is 0 Å². The zero-order valence-corrected chi connectivity index (χ0v) is 10.9. The number of nitrogens with zero attached hydrogens (tertiary/aromatic N) is 3. The molecule has 0 radical (unpaired) electrons. The smallest absolute Gasteiger partial charge is 0.175 e. The number of aromatic nitrogens is 2. The molecule has 2 rings (SSSR count). The van der Waals surface area contributed by atoms with E-state index in [0.29, 0.717) is 10.3 Å². The third-order valence-corrected chi connectivity index (χ3v) is 3.30. The highest BCUT2D eigenvalue weighted by molar-refractivity contribution is 7.07. The average Bonchev–Trinajstić information content (AvgIpc) is 2.74. The van der Waals surface area contributed by atoms with Gasteiger partial charge in [0.2, 0.25) is 0 Å². The highest BCUT2D eigenvalue weighted by Crippen LogP contribution is 2.25. The summed E-state index contributed by atoms with van der Waals surface area (Å²) in [6.07, 6.45) is 0. The van der Waals surface area contributed by atoms with Crippen LogP contribution in [0.25, 0.3) is 0 Å². The van der Waals surface area contributed by atoms with Gasteiger partial charge in [-0.05, 0) is 22.4 Å². The molecular formula is C10H9Cl2N3S. The molecule has 0 N–H and O–H groups in total. The Labute approximate surface area is 108 Å². The van der Waals surface area contributed by atoms with Crippen molar-refractivity contribution in [3.63, 3.8) is 0 Å². The molecule has 2 aromatic rings. The van der Waals surface area contributed by atoms with Crippen LogP contribution in [0.15, 0.2) is 22.9 Å². The van der Waals surface area contributed by atoms with Crippen molar-refractivity contribution in [1.82, 2.24) is 10.2 Å². The van der Waals surface area contributed by atoms with Crippen molar-refractivity contribution in [2.45, 2.75) is 6.54 Å². The fourth-order valence-electron chi connectivity index (χ4n) is 1.35. The second kappa shape index (κ2) is 4.99. The Morgan fingerprint density at radius 3 is 2.88 bits per heavy atom. The Morgan fingerprint density at radius 2 is 2.19 bits per heavy atom. The van der Waals surface area contributed by atoms with E-state index in [9.17, 15) is 0 Å². The molecule has 0 atom stereocenters. The second-order valence-electron chi connectivity index (χ2n) is 3.33. The number of hydrogen-bond acceptors (Lipinski definition) is 4. The summed E-state index contributed by atoms with van der Waals surface area (Å²) in [4.78, 5) is 1.99. The van der Waals surface area contributed by atoms with Gasteiger partial charge in [-0.15, -0.1) is 10.2 Å². The third kappa shape index (κ3) is 2.64. The van der Waals surface area contributed by atoms with E-state index in [2.05, 4.69) is 21.6 Å². The SMILES string of the molecule is CN(Cc1ccsc1)c1cc(Cl)nnc1Cl. The van der Waals surface area contributed by atoms with E-state index in [1.807, 2.05) is 17.3 Å². The van der Waals surface area contributed by atoms with Gasteiger partial charge in [-0.3, -0.25) is 0 Å². The van der Waals surface area contributed by atoms with Crippen LogP contribution in [0.4, 0.5) is 5.69 Å². The van der Waals surface area contributed by atoms with E-state index in [1.54, 1.807) is 17.4 Å². The molecule has 3 nitrogen and oxygen atoms in total. The van der Waals surface area contributed by atoms with Gasteiger partial charge in [0.1, 0.15) is 0 Å². The third-order valence-electron chi connectivity index (χ3n) is 2.11. The molecule has 0 fully saturated rings. The van der Waals surface area contributed by atoms with Crippen LogP contribution in [0.5, 0.6) is 0 Å². The van der Waals surface area contributed by atoms with Crippen LogP contribution < -0.4 is 4.90 Å². The van der Waals surface area contributed by atoms with Crippen LogP contribution in [0.1, 0.15) is 5.56 Å². The molecule has 0 amide bonds. The maximum absolute atomic E-state index is 5.96. The van der Waals surface area contributed by atoms with Gasteiger partial charge in [0, 0.05) is 19.7 Å². The molecule has 0 aliphatic rings. The highest BCUT2D eigenvalue weighted by Gasteiger charge is 2.09. The van der Waals surface area contributed by atoms with Crippen molar-refractivity contribution < 1.29 is 0 Å². The first kappa shape index (κ1) is 11.6. The fraction of sp³-hybridized carbons (Fsp3) is 0.200. The minimum absolute atomic E-state index is 0.344. The van der Waals surface area contributed by atoms with Gasteiger partial charge in [-0.2, -0.15) is 11.3 Å². The molecular weight excluding hydrogens is 265 g/mol. The lowest BCUT2D eigenvalue weighted by Crippen LogP contribution is -2.17. The van der Waals surface area contributed by atoms with Gasteiger partial charge in [0.25, 0.3) is 0 Å². The second-order valence-corrected chi connectivity index (χ2v) is 4.86. The summed E-state index contributed by atoms with van der Waals surface area (Å²) in [6, 6.07) is 3.79. The van der Waals surface area contributed by atoms with Gasteiger partial charge < -0.3 is 4.90 Å². The lowest BCUT2D eigenvalue weighted by molar-refractivity contribution is 0.907. The van der Waals surface area contributed by atoms with Gasteiger partial charge in [0.05, 0.1) is 5.69 Å². The largest absolute Gasteiger partial charge is 0.368 e. The summed E-state index contributed by atoms with van der Waals surface area (Å²) in [5, 5.41) is 12.3. The van der Waals surface area contributed by atoms with Crippen molar-refractivity contribution in [3.8, 4) is 0 Å². The maximum Gasteiger partial charge on any atom is 0.175 e. The first-order chi connectivity index (χ1) is 7.66. The average molecular weight is 274 g/mol. The van der Waals surface area contributed by atoms with E-state index in [4.69, 9.17) is 23.2 Å². The molecule has 0 bridgehead atoms. The predicted octanol–water partition coefficient (Wildman–Crippen LogP) is 3.48. The minimum Gasteiger partial charge on any atom is -0.368 e. The maximum atomic E-state index is 5.96. The zero-order chi connectivity index (χ0) is 11.5. The summed E-state index contributed by atoms with van der Waals surface area (Å²) in [6.45, 7) is 0.769. The number of thiophene rings is 1. The van der Waals surface area contributed by atoms with E-state index in [-0.39, 0.29) is 0 Å². The standard InChI is InChI=1S/C10H9Cl2N3S/c1-15(5-7-2-3-16-6-7)8-4-9(11)13-14-10(8)12/h2-4,6H,5H2,1H3. The molecule has 0 aromatic carbocycles. The predicted molar refractivity (Wildman–Crippen MR) is 68.5 cm³/mol. The molecule has 2 aromatic heterocycles. The summed E-state index contributed by atoms with van der Waals surface area (Å²) in [5.74, 6) is 0. The van der Waals surface area contributed by atoms with Gasteiger partial charge >= 0.3 is 0 Å². The Hall–Kier alpha value is -0.840. The van der Waals surface area contributed by atoms with Crippen LogP contribution in [-0.2, 0) is 6.54 Å². The molecule has 0 saturated carbocycles. The molecule has 0 aliphatic heterocycles. The van der Waals surface area contributed by atoms with Crippen LogP contribution in [-0.4, -0.2) is 17.2 Å². The van der Waals surface area contributed by atoms with Gasteiger partial charge in [0.15, 0.2) is 10.3 Å². The Morgan fingerprint density at radius 1 is 1.38 bits per heavy atom. The first-order valence-electron chi connectivity index (χ1n) is 4.58. The molecule has 84 valence electrons. The van der Waals surface area contributed by atoms with Crippen molar-refractivity contribution in [2.24, 2.45) is 0 Å². The fourth-order valence-corrected chi connectivity index (χ4v) is 2.39. The molecule has 0 spiro atoms. The molecule has 0 unspecified atom stereocenters. The molecule has 16 heavy (non-hydrogen) atoms. The molecule has 6 heteroatoms. The van der Waals surface area contributed by atoms with Crippen molar-refractivity contribution in [3.05, 3.63) is 38.8 Å². The quantitative estimate of drug-likeness (QED) is 0.858. The Balaban J connectivity index is 2.20. The van der Waals surface area contributed by atoms with E-state index >= 15 is 0 Å². The summed E-state index contributed by atoms with van der Waals surface area (Å²) < 4.78 is 0. The highest BCUT2D eigenvalue weighted by atomic mass is 35.5. The monoisotopic (exact) mass is 273 g/mol. The van der Waals surface area contributed by atoms with Crippen LogP contribution in [0.3, 0.4) is 0 Å². The first-order valence-corrected chi connectivity index (χ1v) is 6.27. The lowest BCUT2D eigenvalue weighted by Gasteiger charge is -2.19. The topological polar surface area (TPSA) is 29.0 Å². The molecule has 0 aliphatic carbocycles. The summed E-state index contributed by atoms with van der Waals surface area (Å²) in [7, 11) is 1.94. The lowest BCUT2D eigenvalue weighted by atomic mass is 10.3. The van der Waals surface area contributed by atoms with Crippen molar-refractivity contribution in [2.75, 3.05) is 11.9 Å². The summed E-state index contributed by atoms with van der Waals surface area (Å²) in [5.41, 5.74) is 2.02.